The molecule has 0 saturated carbocycles. The molecule has 2 heterocycles. The second-order valence-electron chi connectivity index (χ2n) is 5.92. The highest BCUT2D eigenvalue weighted by Gasteiger charge is 2.26. The maximum absolute atomic E-state index is 12.1. The molecule has 1 aliphatic rings. The third-order valence-corrected chi connectivity index (χ3v) is 4.30. The summed E-state index contributed by atoms with van der Waals surface area (Å²) >= 11 is 0. The fraction of sp³-hybridized carbons (Fsp3) is 0.647. The largest absolute Gasteiger partial charge is 0.383 e. The fourth-order valence-corrected chi connectivity index (χ4v) is 2.94. The maximum atomic E-state index is 12.1. The summed E-state index contributed by atoms with van der Waals surface area (Å²) in [5.41, 5.74) is 0.886. The monoisotopic (exact) mass is 320 g/mol. The van der Waals surface area contributed by atoms with E-state index >= 15 is 0 Å². The predicted octanol–water partition coefficient (Wildman–Crippen LogP) is 0.740. The molecule has 0 aliphatic carbocycles. The molecule has 0 spiro atoms. The van der Waals surface area contributed by atoms with E-state index in [9.17, 15) is 4.79 Å². The van der Waals surface area contributed by atoms with Gasteiger partial charge >= 0.3 is 0 Å². The Morgan fingerprint density at radius 3 is 3.00 bits per heavy atom. The number of aromatic nitrogens is 1. The van der Waals surface area contributed by atoms with E-state index in [0.29, 0.717) is 19.1 Å². The lowest BCUT2D eigenvalue weighted by Crippen LogP contribution is -2.55. The van der Waals surface area contributed by atoms with Gasteiger partial charge in [-0.15, -0.1) is 0 Å². The number of methoxy groups -OCH3 is 1. The Morgan fingerprint density at radius 1 is 1.43 bits per heavy atom. The van der Waals surface area contributed by atoms with Crippen molar-refractivity contribution in [1.82, 2.24) is 20.1 Å². The lowest BCUT2D eigenvalue weighted by Gasteiger charge is -2.40. The van der Waals surface area contributed by atoms with Crippen LogP contribution in [0.2, 0.25) is 0 Å². The quantitative estimate of drug-likeness (QED) is 0.766. The first kappa shape index (κ1) is 17.8. The zero-order valence-corrected chi connectivity index (χ0v) is 14.2. The van der Waals surface area contributed by atoms with Crippen molar-refractivity contribution in [2.24, 2.45) is 0 Å². The number of rotatable bonds is 8. The van der Waals surface area contributed by atoms with Crippen LogP contribution >= 0.6 is 0 Å². The molecule has 2 rings (SSSR count). The van der Waals surface area contributed by atoms with E-state index in [2.05, 4.69) is 27.0 Å². The Balaban J connectivity index is 1.74. The summed E-state index contributed by atoms with van der Waals surface area (Å²) in [6.07, 6.45) is 2.84. The highest BCUT2D eigenvalue weighted by atomic mass is 16.5. The zero-order chi connectivity index (χ0) is 16.5. The molecule has 6 nitrogen and oxygen atoms in total. The maximum Gasteiger partial charge on any atom is 0.234 e. The minimum absolute atomic E-state index is 0.0656. The SMILES string of the molecule is CCC1CN(CC(=O)NCc2ccccn2)CCN1CCOC. The van der Waals surface area contributed by atoms with Gasteiger partial charge in [0.05, 0.1) is 25.4 Å². The molecule has 1 aliphatic heterocycles. The van der Waals surface area contributed by atoms with Gasteiger partial charge in [0, 0.05) is 45.5 Å². The van der Waals surface area contributed by atoms with Crippen LogP contribution in [0.4, 0.5) is 0 Å². The van der Waals surface area contributed by atoms with Crippen molar-refractivity contribution in [2.75, 3.05) is 46.4 Å². The highest BCUT2D eigenvalue weighted by Crippen LogP contribution is 2.12. The van der Waals surface area contributed by atoms with E-state index < -0.39 is 0 Å². The number of hydrogen-bond donors (Lipinski definition) is 1. The van der Waals surface area contributed by atoms with E-state index in [1.807, 2.05) is 18.2 Å². The van der Waals surface area contributed by atoms with E-state index in [4.69, 9.17) is 4.74 Å². The number of pyridine rings is 1. The first-order valence-corrected chi connectivity index (χ1v) is 8.35. The summed E-state index contributed by atoms with van der Waals surface area (Å²) < 4.78 is 5.18. The van der Waals surface area contributed by atoms with E-state index in [1.54, 1.807) is 13.3 Å². The summed E-state index contributed by atoms with van der Waals surface area (Å²) in [6, 6.07) is 6.23. The van der Waals surface area contributed by atoms with Crippen LogP contribution in [0.5, 0.6) is 0 Å². The van der Waals surface area contributed by atoms with E-state index in [1.165, 1.54) is 0 Å². The van der Waals surface area contributed by atoms with Crippen LogP contribution in [0.1, 0.15) is 19.0 Å². The average Bonchev–Trinajstić information content (AvgIpc) is 2.59. The molecule has 1 aromatic heterocycles. The van der Waals surface area contributed by atoms with Crippen LogP contribution in [-0.2, 0) is 16.1 Å². The van der Waals surface area contributed by atoms with Gasteiger partial charge in [0.1, 0.15) is 0 Å². The van der Waals surface area contributed by atoms with Gasteiger partial charge in [-0.25, -0.2) is 0 Å². The molecule has 0 bridgehead atoms. The van der Waals surface area contributed by atoms with Crippen molar-refractivity contribution >= 4 is 5.91 Å². The van der Waals surface area contributed by atoms with Gasteiger partial charge in [0.25, 0.3) is 0 Å². The Morgan fingerprint density at radius 2 is 2.30 bits per heavy atom. The van der Waals surface area contributed by atoms with Gasteiger partial charge in [0.2, 0.25) is 5.91 Å². The highest BCUT2D eigenvalue weighted by molar-refractivity contribution is 5.77. The van der Waals surface area contributed by atoms with Crippen molar-refractivity contribution in [1.29, 1.82) is 0 Å². The number of piperazine rings is 1. The van der Waals surface area contributed by atoms with Crippen LogP contribution in [0, 0.1) is 0 Å². The van der Waals surface area contributed by atoms with Crippen LogP contribution in [0.15, 0.2) is 24.4 Å². The van der Waals surface area contributed by atoms with Crippen molar-refractivity contribution in [3.05, 3.63) is 30.1 Å². The molecule has 1 aromatic rings. The van der Waals surface area contributed by atoms with Crippen molar-refractivity contribution in [3.63, 3.8) is 0 Å². The smallest absolute Gasteiger partial charge is 0.234 e. The summed E-state index contributed by atoms with van der Waals surface area (Å²) in [7, 11) is 1.74. The zero-order valence-electron chi connectivity index (χ0n) is 14.2. The second-order valence-corrected chi connectivity index (χ2v) is 5.92. The molecule has 1 atom stereocenters. The minimum Gasteiger partial charge on any atom is -0.383 e. The van der Waals surface area contributed by atoms with Gasteiger partial charge in [-0.3, -0.25) is 19.6 Å². The van der Waals surface area contributed by atoms with Crippen molar-refractivity contribution in [3.8, 4) is 0 Å². The molecule has 1 fully saturated rings. The standard InChI is InChI=1S/C17H28N4O2/c1-3-16-13-20(8-9-21(16)10-11-23-2)14-17(22)19-12-15-6-4-5-7-18-15/h4-7,16H,3,8-14H2,1-2H3,(H,19,22). The van der Waals surface area contributed by atoms with Crippen LogP contribution < -0.4 is 5.32 Å². The molecule has 6 heteroatoms. The predicted molar refractivity (Wildman–Crippen MR) is 90.1 cm³/mol. The molecule has 1 amide bonds. The Labute approximate surface area is 138 Å². The summed E-state index contributed by atoms with van der Waals surface area (Å²) in [5, 5.41) is 2.95. The van der Waals surface area contributed by atoms with Gasteiger partial charge in [-0.1, -0.05) is 13.0 Å². The Hall–Kier alpha value is -1.50. The second kappa shape index (κ2) is 9.60. The van der Waals surface area contributed by atoms with Gasteiger partial charge in [-0.05, 0) is 18.6 Å². The molecule has 0 radical (unpaired) electrons. The fourth-order valence-electron chi connectivity index (χ4n) is 2.94. The molecular formula is C17H28N4O2. The summed E-state index contributed by atoms with van der Waals surface area (Å²) in [5.74, 6) is 0.0656. The number of amides is 1. The number of nitrogens with one attached hydrogen (secondary N) is 1. The van der Waals surface area contributed by atoms with Crippen molar-refractivity contribution in [2.45, 2.75) is 25.9 Å². The van der Waals surface area contributed by atoms with E-state index in [-0.39, 0.29) is 5.91 Å². The first-order chi connectivity index (χ1) is 11.2. The molecule has 23 heavy (non-hydrogen) atoms. The van der Waals surface area contributed by atoms with Crippen LogP contribution in [0.25, 0.3) is 0 Å². The number of ether oxygens (including phenoxy) is 1. The topological polar surface area (TPSA) is 57.7 Å². The number of carbonyl (C=O) groups excluding carboxylic acids is 1. The average molecular weight is 320 g/mol. The normalized spacial score (nSPS) is 19.7. The lowest BCUT2D eigenvalue weighted by atomic mass is 10.1. The molecule has 128 valence electrons. The van der Waals surface area contributed by atoms with Gasteiger partial charge in [0.15, 0.2) is 0 Å². The molecular weight excluding hydrogens is 292 g/mol. The van der Waals surface area contributed by atoms with Gasteiger partial charge < -0.3 is 10.1 Å². The van der Waals surface area contributed by atoms with Gasteiger partial charge in [-0.2, -0.15) is 0 Å². The lowest BCUT2D eigenvalue weighted by molar-refractivity contribution is -0.123. The van der Waals surface area contributed by atoms with E-state index in [0.717, 1.165) is 44.9 Å². The molecule has 1 N–H and O–H groups in total. The Bertz CT molecular complexity index is 469. The summed E-state index contributed by atoms with van der Waals surface area (Å²) in [6.45, 7) is 7.75. The molecule has 1 unspecified atom stereocenters. The number of hydrogen-bond acceptors (Lipinski definition) is 5. The van der Waals surface area contributed by atoms with Crippen LogP contribution in [-0.4, -0.2) is 73.2 Å². The Kier molecular flexibility index (Phi) is 7.45. The number of carbonyl (C=O) groups is 1. The summed E-state index contributed by atoms with van der Waals surface area (Å²) in [4.78, 5) is 21.0. The first-order valence-electron chi connectivity index (χ1n) is 8.35. The van der Waals surface area contributed by atoms with Crippen molar-refractivity contribution < 1.29 is 9.53 Å². The third-order valence-electron chi connectivity index (χ3n) is 4.30. The molecule has 1 saturated heterocycles. The number of nitrogens with zero attached hydrogens (tertiary/aromatic N) is 3. The minimum atomic E-state index is 0.0656. The third kappa shape index (κ3) is 5.89. The molecule has 0 aromatic carbocycles. The van der Waals surface area contributed by atoms with Crippen LogP contribution in [0.3, 0.4) is 0 Å².